The molecule has 0 aliphatic carbocycles. The molecule has 0 atom stereocenters. The summed E-state index contributed by atoms with van der Waals surface area (Å²) in [5.74, 6) is -0.860. The molecule has 1 amide bonds. The Hall–Kier alpha value is -2.58. The molecule has 0 N–H and O–H groups in total. The maximum absolute atomic E-state index is 14.4. The summed E-state index contributed by atoms with van der Waals surface area (Å²) in [4.78, 5) is 40.0. The van der Waals surface area contributed by atoms with Crippen LogP contribution in [0.3, 0.4) is 0 Å². The lowest BCUT2D eigenvalue weighted by atomic mass is 10.1. The van der Waals surface area contributed by atoms with E-state index in [0.29, 0.717) is 48.2 Å². The second-order valence-electron chi connectivity index (χ2n) is 7.28. The van der Waals surface area contributed by atoms with Crippen LogP contribution < -0.4 is 4.90 Å². The van der Waals surface area contributed by atoms with Crippen LogP contribution in [0.4, 0.5) is 10.1 Å². The Labute approximate surface area is 195 Å². The highest BCUT2D eigenvalue weighted by molar-refractivity contribution is 7.99. The van der Waals surface area contributed by atoms with Crippen LogP contribution in [0, 0.1) is 5.82 Å². The van der Waals surface area contributed by atoms with Crippen molar-refractivity contribution in [3.63, 3.8) is 0 Å². The number of anilines is 1. The lowest BCUT2D eigenvalue weighted by Gasteiger charge is -2.36. The Morgan fingerprint density at radius 1 is 1.09 bits per heavy atom. The van der Waals surface area contributed by atoms with Crippen molar-refractivity contribution >= 4 is 46.7 Å². The number of rotatable bonds is 8. The average molecular weight is 479 g/mol. The minimum Gasteiger partial charge on any atom is -0.456 e. The van der Waals surface area contributed by atoms with E-state index in [2.05, 4.69) is 0 Å². The fraction of sp³-hybridized carbons (Fsp3) is 0.348. The molecular weight excluding hydrogens is 455 g/mol. The lowest BCUT2D eigenvalue weighted by molar-refractivity contribution is -0.151. The standard InChI is InChI=1S/C23H24ClFN2O4S/c1-16(28)17-6-7-20(19(25)14-17)26-9-11-27(12-10-26)22(29)15-31-23(30)8-13-32-21-5-3-2-4-18(21)24/h2-7,14H,8-13,15H2,1H3. The fourth-order valence-electron chi connectivity index (χ4n) is 3.29. The van der Waals surface area contributed by atoms with E-state index >= 15 is 0 Å². The number of thioether (sulfide) groups is 1. The number of carbonyl (C=O) groups excluding carboxylic acids is 3. The van der Waals surface area contributed by atoms with Gasteiger partial charge >= 0.3 is 5.97 Å². The van der Waals surface area contributed by atoms with Crippen LogP contribution in [-0.4, -0.2) is 61.1 Å². The number of carbonyl (C=O) groups is 3. The molecule has 0 saturated carbocycles. The molecule has 0 radical (unpaired) electrons. The van der Waals surface area contributed by atoms with E-state index in [1.165, 1.54) is 24.8 Å². The zero-order valence-corrected chi connectivity index (χ0v) is 19.3. The van der Waals surface area contributed by atoms with Crippen molar-refractivity contribution in [3.8, 4) is 0 Å². The molecule has 1 aliphatic heterocycles. The Morgan fingerprint density at radius 2 is 1.81 bits per heavy atom. The molecule has 1 saturated heterocycles. The first-order valence-corrected chi connectivity index (χ1v) is 11.6. The molecule has 1 aliphatic rings. The highest BCUT2D eigenvalue weighted by Crippen LogP contribution is 2.27. The molecule has 1 fully saturated rings. The number of ketones is 1. The number of piperazine rings is 1. The zero-order valence-electron chi connectivity index (χ0n) is 17.7. The normalized spacial score (nSPS) is 13.7. The van der Waals surface area contributed by atoms with Gasteiger partial charge in [-0.3, -0.25) is 14.4 Å². The van der Waals surface area contributed by atoms with E-state index in [-0.39, 0.29) is 24.7 Å². The summed E-state index contributed by atoms with van der Waals surface area (Å²) < 4.78 is 19.5. The van der Waals surface area contributed by atoms with Gasteiger partial charge in [0.1, 0.15) is 5.82 Å². The molecule has 1 heterocycles. The summed E-state index contributed by atoms with van der Waals surface area (Å²) in [6.07, 6.45) is 0.173. The Kier molecular flexibility index (Phi) is 8.53. The minimum absolute atomic E-state index is 0.173. The SMILES string of the molecule is CC(=O)c1ccc(N2CCN(C(=O)COC(=O)CCSc3ccccc3Cl)CC2)c(F)c1. The number of ether oxygens (including phenoxy) is 1. The van der Waals surface area contributed by atoms with Gasteiger partial charge in [0.15, 0.2) is 12.4 Å². The minimum atomic E-state index is -0.457. The number of halogens is 2. The molecule has 0 unspecified atom stereocenters. The summed E-state index contributed by atoms with van der Waals surface area (Å²) in [6.45, 7) is 2.77. The van der Waals surface area contributed by atoms with E-state index < -0.39 is 11.8 Å². The van der Waals surface area contributed by atoms with Crippen molar-refractivity contribution in [1.82, 2.24) is 4.90 Å². The van der Waals surface area contributed by atoms with E-state index in [4.69, 9.17) is 16.3 Å². The number of Topliss-reactive ketones (excluding diaryl/α,β-unsaturated/α-hetero) is 1. The maximum Gasteiger partial charge on any atom is 0.307 e. The Bertz CT molecular complexity index is 996. The van der Waals surface area contributed by atoms with Crippen LogP contribution in [-0.2, 0) is 14.3 Å². The van der Waals surface area contributed by atoms with Gasteiger partial charge in [0.2, 0.25) is 0 Å². The third-order valence-corrected chi connectivity index (χ3v) is 6.60. The van der Waals surface area contributed by atoms with Crippen LogP contribution in [0.5, 0.6) is 0 Å². The third kappa shape index (κ3) is 6.46. The van der Waals surface area contributed by atoms with Gasteiger partial charge in [0.05, 0.1) is 17.1 Å². The van der Waals surface area contributed by atoms with Crippen LogP contribution in [0.15, 0.2) is 47.4 Å². The number of hydrogen-bond acceptors (Lipinski definition) is 6. The van der Waals surface area contributed by atoms with Crippen molar-refractivity contribution in [2.45, 2.75) is 18.2 Å². The molecule has 9 heteroatoms. The predicted octanol–water partition coefficient (Wildman–Crippen LogP) is 4.06. The molecule has 32 heavy (non-hydrogen) atoms. The molecule has 3 rings (SSSR count). The van der Waals surface area contributed by atoms with E-state index in [1.807, 2.05) is 23.1 Å². The summed E-state index contributed by atoms with van der Waals surface area (Å²) in [5.41, 5.74) is 0.733. The molecule has 170 valence electrons. The van der Waals surface area contributed by atoms with Crippen molar-refractivity contribution in [2.24, 2.45) is 0 Å². The van der Waals surface area contributed by atoms with Crippen molar-refractivity contribution in [2.75, 3.05) is 43.4 Å². The van der Waals surface area contributed by atoms with Gasteiger partial charge in [-0.2, -0.15) is 0 Å². The van der Waals surface area contributed by atoms with Gasteiger partial charge < -0.3 is 14.5 Å². The van der Waals surface area contributed by atoms with Crippen molar-refractivity contribution < 1.29 is 23.5 Å². The molecule has 0 bridgehead atoms. The first-order chi connectivity index (χ1) is 15.3. The molecule has 2 aromatic rings. The van der Waals surface area contributed by atoms with Gasteiger partial charge in [0, 0.05) is 42.4 Å². The molecule has 0 spiro atoms. The average Bonchev–Trinajstić information content (AvgIpc) is 2.79. The van der Waals surface area contributed by atoms with Crippen molar-refractivity contribution in [3.05, 3.63) is 58.9 Å². The number of nitrogens with zero attached hydrogens (tertiary/aromatic N) is 2. The monoisotopic (exact) mass is 478 g/mol. The van der Waals surface area contributed by atoms with E-state index in [0.717, 1.165) is 4.90 Å². The maximum atomic E-state index is 14.4. The quantitative estimate of drug-likeness (QED) is 0.324. The van der Waals surface area contributed by atoms with Crippen LogP contribution in [0.25, 0.3) is 0 Å². The fourth-order valence-corrected chi connectivity index (χ4v) is 4.46. The van der Waals surface area contributed by atoms with Crippen LogP contribution in [0.1, 0.15) is 23.7 Å². The van der Waals surface area contributed by atoms with Gasteiger partial charge in [0.25, 0.3) is 5.91 Å². The third-order valence-electron chi connectivity index (χ3n) is 5.08. The molecular formula is C23H24ClFN2O4S. The first-order valence-electron chi connectivity index (χ1n) is 10.2. The Morgan fingerprint density at radius 3 is 2.47 bits per heavy atom. The van der Waals surface area contributed by atoms with Gasteiger partial charge in [-0.1, -0.05) is 23.7 Å². The zero-order chi connectivity index (χ0) is 23.1. The summed E-state index contributed by atoms with van der Waals surface area (Å²) >= 11 is 7.54. The predicted molar refractivity (Wildman–Crippen MR) is 123 cm³/mol. The van der Waals surface area contributed by atoms with Crippen molar-refractivity contribution in [1.29, 1.82) is 0 Å². The number of esters is 1. The second-order valence-corrected chi connectivity index (χ2v) is 8.82. The van der Waals surface area contributed by atoms with Gasteiger partial charge in [-0.05, 0) is 37.3 Å². The Balaban J connectivity index is 1.39. The molecule has 2 aromatic carbocycles. The van der Waals surface area contributed by atoms with E-state index in [9.17, 15) is 18.8 Å². The van der Waals surface area contributed by atoms with Gasteiger partial charge in [-0.25, -0.2) is 4.39 Å². The van der Waals surface area contributed by atoms with Crippen LogP contribution in [0.2, 0.25) is 5.02 Å². The molecule has 6 nitrogen and oxygen atoms in total. The number of amides is 1. The van der Waals surface area contributed by atoms with Gasteiger partial charge in [-0.15, -0.1) is 11.8 Å². The second kappa shape index (κ2) is 11.3. The summed E-state index contributed by atoms with van der Waals surface area (Å²) in [7, 11) is 0. The largest absolute Gasteiger partial charge is 0.456 e. The highest BCUT2D eigenvalue weighted by atomic mass is 35.5. The summed E-state index contributed by atoms with van der Waals surface area (Å²) in [6, 6.07) is 11.8. The lowest BCUT2D eigenvalue weighted by Crippen LogP contribution is -2.50. The smallest absolute Gasteiger partial charge is 0.307 e. The highest BCUT2D eigenvalue weighted by Gasteiger charge is 2.24. The van der Waals surface area contributed by atoms with E-state index in [1.54, 1.807) is 23.1 Å². The summed E-state index contributed by atoms with van der Waals surface area (Å²) in [5, 5.41) is 0.634. The van der Waals surface area contributed by atoms with Crippen LogP contribution >= 0.6 is 23.4 Å². The number of benzene rings is 2. The molecule has 0 aromatic heterocycles. The first kappa shape index (κ1) is 24.1. The topological polar surface area (TPSA) is 66.9 Å². The number of hydrogen-bond donors (Lipinski definition) is 0.